The van der Waals surface area contributed by atoms with E-state index in [-0.39, 0.29) is 6.61 Å². The average Bonchev–Trinajstić information content (AvgIpc) is 2.72. The monoisotopic (exact) mass is 245 g/mol. The molecule has 0 aliphatic heterocycles. The standard InChI is InChI=1S/C14H19N3O/c1-3-5-14-13(10-18)15-16-17(14)9-12-7-4-6-11(2)8-12/h4,6-8,18H,3,5,9-10H2,1-2H3. The van der Waals surface area contributed by atoms with Gasteiger partial charge in [0.1, 0.15) is 5.69 Å². The van der Waals surface area contributed by atoms with E-state index in [2.05, 4.69) is 42.4 Å². The molecule has 0 fully saturated rings. The van der Waals surface area contributed by atoms with E-state index in [4.69, 9.17) is 0 Å². The molecule has 1 aromatic carbocycles. The number of aromatic nitrogens is 3. The van der Waals surface area contributed by atoms with E-state index in [1.807, 2.05) is 10.7 Å². The molecular weight excluding hydrogens is 226 g/mol. The Morgan fingerprint density at radius 3 is 2.83 bits per heavy atom. The second-order valence-corrected chi connectivity index (χ2v) is 4.54. The molecule has 2 aromatic rings. The van der Waals surface area contributed by atoms with E-state index >= 15 is 0 Å². The minimum atomic E-state index is -0.0385. The Hall–Kier alpha value is -1.68. The summed E-state index contributed by atoms with van der Waals surface area (Å²) in [6.45, 7) is 4.87. The second-order valence-electron chi connectivity index (χ2n) is 4.54. The Morgan fingerprint density at radius 2 is 2.17 bits per heavy atom. The lowest BCUT2D eigenvalue weighted by atomic mass is 10.1. The summed E-state index contributed by atoms with van der Waals surface area (Å²) in [4.78, 5) is 0. The first-order valence-electron chi connectivity index (χ1n) is 6.32. The summed E-state index contributed by atoms with van der Waals surface area (Å²) in [6, 6.07) is 8.37. The normalized spacial score (nSPS) is 10.8. The predicted octanol–water partition coefficient (Wildman–Crippen LogP) is 2.08. The fourth-order valence-electron chi connectivity index (χ4n) is 2.11. The van der Waals surface area contributed by atoms with Gasteiger partial charge in [-0.15, -0.1) is 5.10 Å². The zero-order valence-corrected chi connectivity index (χ0v) is 10.9. The molecule has 0 atom stereocenters. The van der Waals surface area contributed by atoms with Gasteiger partial charge in [-0.05, 0) is 18.9 Å². The van der Waals surface area contributed by atoms with Crippen LogP contribution in [0.4, 0.5) is 0 Å². The predicted molar refractivity (Wildman–Crippen MR) is 70.2 cm³/mol. The lowest BCUT2D eigenvalue weighted by Crippen LogP contribution is -2.07. The molecule has 0 aliphatic rings. The highest BCUT2D eigenvalue weighted by molar-refractivity contribution is 5.23. The van der Waals surface area contributed by atoms with Crippen molar-refractivity contribution < 1.29 is 5.11 Å². The molecule has 96 valence electrons. The third kappa shape index (κ3) is 2.76. The van der Waals surface area contributed by atoms with Crippen molar-refractivity contribution in [2.24, 2.45) is 0 Å². The van der Waals surface area contributed by atoms with Gasteiger partial charge in [0.05, 0.1) is 18.8 Å². The Kier molecular flexibility index (Phi) is 4.10. The fourth-order valence-corrected chi connectivity index (χ4v) is 2.11. The largest absolute Gasteiger partial charge is 0.390 e. The maximum absolute atomic E-state index is 9.25. The van der Waals surface area contributed by atoms with Gasteiger partial charge >= 0.3 is 0 Å². The highest BCUT2D eigenvalue weighted by Gasteiger charge is 2.11. The van der Waals surface area contributed by atoms with Crippen LogP contribution in [-0.4, -0.2) is 20.1 Å². The molecule has 0 amide bonds. The van der Waals surface area contributed by atoms with Crippen molar-refractivity contribution in [2.75, 3.05) is 0 Å². The highest BCUT2D eigenvalue weighted by Crippen LogP contribution is 2.12. The molecular formula is C14H19N3O. The lowest BCUT2D eigenvalue weighted by molar-refractivity contribution is 0.275. The van der Waals surface area contributed by atoms with Crippen LogP contribution < -0.4 is 0 Å². The van der Waals surface area contributed by atoms with Gasteiger partial charge in [0, 0.05) is 0 Å². The molecule has 0 radical (unpaired) electrons. The molecule has 18 heavy (non-hydrogen) atoms. The molecule has 0 saturated carbocycles. The van der Waals surface area contributed by atoms with E-state index in [0.29, 0.717) is 12.2 Å². The fraction of sp³-hybridized carbons (Fsp3) is 0.429. The van der Waals surface area contributed by atoms with Gasteiger partial charge in [0.2, 0.25) is 0 Å². The van der Waals surface area contributed by atoms with Crippen LogP contribution in [0, 0.1) is 6.92 Å². The average molecular weight is 245 g/mol. The Balaban J connectivity index is 2.25. The van der Waals surface area contributed by atoms with Crippen LogP contribution in [0.25, 0.3) is 0 Å². The number of aliphatic hydroxyl groups excluding tert-OH is 1. The van der Waals surface area contributed by atoms with Gasteiger partial charge in [-0.2, -0.15) is 0 Å². The van der Waals surface area contributed by atoms with E-state index < -0.39 is 0 Å². The van der Waals surface area contributed by atoms with Crippen molar-refractivity contribution >= 4 is 0 Å². The number of hydrogen-bond donors (Lipinski definition) is 1. The van der Waals surface area contributed by atoms with E-state index in [0.717, 1.165) is 18.5 Å². The second kappa shape index (κ2) is 5.78. The summed E-state index contributed by atoms with van der Waals surface area (Å²) >= 11 is 0. The minimum absolute atomic E-state index is 0.0385. The summed E-state index contributed by atoms with van der Waals surface area (Å²) in [7, 11) is 0. The number of benzene rings is 1. The minimum Gasteiger partial charge on any atom is -0.390 e. The van der Waals surface area contributed by atoms with Gasteiger partial charge in [-0.3, -0.25) is 0 Å². The topological polar surface area (TPSA) is 50.9 Å². The number of nitrogens with zero attached hydrogens (tertiary/aromatic N) is 3. The Bertz CT molecular complexity index is 520. The Morgan fingerprint density at radius 1 is 1.33 bits per heavy atom. The van der Waals surface area contributed by atoms with Crippen LogP contribution in [0.1, 0.15) is 35.9 Å². The molecule has 0 aliphatic carbocycles. The highest BCUT2D eigenvalue weighted by atomic mass is 16.3. The number of aliphatic hydroxyl groups is 1. The van der Waals surface area contributed by atoms with Gasteiger partial charge in [0.15, 0.2) is 0 Å². The molecule has 1 aromatic heterocycles. The molecule has 2 rings (SSSR count). The van der Waals surface area contributed by atoms with Crippen molar-refractivity contribution in [3.8, 4) is 0 Å². The van der Waals surface area contributed by atoms with Gasteiger partial charge < -0.3 is 5.11 Å². The lowest BCUT2D eigenvalue weighted by Gasteiger charge is -2.07. The van der Waals surface area contributed by atoms with Crippen LogP contribution in [0.3, 0.4) is 0 Å². The van der Waals surface area contributed by atoms with Crippen LogP contribution in [0.2, 0.25) is 0 Å². The van der Waals surface area contributed by atoms with Crippen LogP contribution in [0.15, 0.2) is 24.3 Å². The molecule has 4 nitrogen and oxygen atoms in total. The first-order chi connectivity index (χ1) is 8.74. The molecule has 1 N–H and O–H groups in total. The molecule has 1 heterocycles. The van der Waals surface area contributed by atoms with Crippen molar-refractivity contribution in [3.63, 3.8) is 0 Å². The van der Waals surface area contributed by atoms with Crippen LogP contribution in [0.5, 0.6) is 0 Å². The maximum atomic E-state index is 9.25. The molecule has 0 spiro atoms. The number of aryl methyl sites for hydroxylation is 1. The SMILES string of the molecule is CCCc1c(CO)nnn1Cc1cccc(C)c1. The van der Waals surface area contributed by atoms with Crippen molar-refractivity contribution in [2.45, 2.75) is 39.8 Å². The Labute approximate surface area is 107 Å². The third-order valence-corrected chi connectivity index (χ3v) is 2.97. The summed E-state index contributed by atoms with van der Waals surface area (Å²) in [5, 5.41) is 17.4. The van der Waals surface area contributed by atoms with Gasteiger partial charge in [-0.1, -0.05) is 48.4 Å². The molecule has 0 saturated heterocycles. The zero-order valence-electron chi connectivity index (χ0n) is 10.9. The summed E-state index contributed by atoms with van der Waals surface area (Å²) in [5.41, 5.74) is 4.19. The molecule has 0 bridgehead atoms. The molecule has 0 unspecified atom stereocenters. The molecule has 4 heteroatoms. The third-order valence-electron chi connectivity index (χ3n) is 2.97. The summed E-state index contributed by atoms with van der Waals surface area (Å²) in [5.74, 6) is 0. The van der Waals surface area contributed by atoms with Gasteiger partial charge in [0.25, 0.3) is 0 Å². The van der Waals surface area contributed by atoms with E-state index in [1.165, 1.54) is 11.1 Å². The smallest absolute Gasteiger partial charge is 0.111 e. The van der Waals surface area contributed by atoms with E-state index in [1.54, 1.807) is 0 Å². The van der Waals surface area contributed by atoms with Crippen LogP contribution >= 0.6 is 0 Å². The maximum Gasteiger partial charge on any atom is 0.111 e. The number of hydrogen-bond acceptors (Lipinski definition) is 3. The summed E-state index contributed by atoms with van der Waals surface area (Å²) < 4.78 is 1.89. The first-order valence-corrected chi connectivity index (χ1v) is 6.32. The first kappa shape index (κ1) is 12.8. The van der Waals surface area contributed by atoms with Crippen molar-refractivity contribution in [3.05, 3.63) is 46.8 Å². The van der Waals surface area contributed by atoms with Crippen LogP contribution in [-0.2, 0) is 19.6 Å². The zero-order chi connectivity index (χ0) is 13.0. The van der Waals surface area contributed by atoms with E-state index in [9.17, 15) is 5.11 Å². The summed E-state index contributed by atoms with van der Waals surface area (Å²) in [6.07, 6.45) is 1.92. The van der Waals surface area contributed by atoms with Crippen molar-refractivity contribution in [1.82, 2.24) is 15.0 Å². The van der Waals surface area contributed by atoms with Gasteiger partial charge in [-0.25, -0.2) is 4.68 Å². The quantitative estimate of drug-likeness (QED) is 0.877. The number of rotatable bonds is 5. The van der Waals surface area contributed by atoms with Crippen molar-refractivity contribution in [1.29, 1.82) is 0 Å².